The summed E-state index contributed by atoms with van der Waals surface area (Å²) in [5.41, 5.74) is -0.177. The van der Waals surface area contributed by atoms with Crippen LogP contribution in [0.1, 0.15) is 32.6 Å². The second-order valence-electron chi connectivity index (χ2n) is 4.24. The molecular weight excluding hydrogens is 236 g/mol. The molecule has 0 amide bonds. The quantitative estimate of drug-likeness (QED) is 0.616. The van der Waals surface area contributed by atoms with Crippen LogP contribution in [0.25, 0.3) is 0 Å². The van der Waals surface area contributed by atoms with E-state index in [9.17, 15) is 10.1 Å². The Kier molecular flexibility index (Phi) is 3.91. The highest BCUT2D eigenvalue weighted by molar-refractivity contribution is 5.43. The zero-order valence-electron chi connectivity index (χ0n) is 10.3. The number of nitro groups is 1. The van der Waals surface area contributed by atoms with Crippen LogP contribution in [0.15, 0.2) is 6.20 Å². The van der Waals surface area contributed by atoms with Gasteiger partial charge in [-0.05, 0) is 25.7 Å². The predicted molar refractivity (Wildman–Crippen MR) is 65.7 cm³/mol. The van der Waals surface area contributed by atoms with E-state index in [4.69, 9.17) is 4.74 Å². The van der Waals surface area contributed by atoms with Gasteiger partial charge in [-0.25, -0.2) is 4.98 Å². The molecule has 1 saturated carbocycles. The highest BCUT2D eigenvalue weighted by Gasteiger charge is 2.25. The minimum atomic E-state index is -0.516. The third-order valence-corrected chi connectivity index (χ3v) is 2.80. The maximum absolute atomic E-state index is 10.9. The summed E-state index contributed by atoms with van der Waals surface area (Å²) < 4.78 is 5.53. The first-order chi connectivity index (χ1) is 8.70. The van der Waals surface area contributed by atoms with Crippen LogP contribution in [0.2, 0.25) is 0 Å². The van der Waals surface area contributed by atoms with Gasteiger partial charge in [0.2, 0.25) is 5.95 Å². The maximum Gasteiger partial charge on any atom is 0.349 e. The van der Waals surface area contributed by atoms with Crippen LogP contribution in [0, 0.1) is 10.1 Å². The summed E-state index contributed by atoms with van der Waals surface area (Å²) in [5, 5.41) is 13.8. The lowest BCUT2D eigenvalue weighted by Gasteiger charge is -2.25. The molecule has 0 atom stereocenters. The van der Waals surface area contributed by atoms with E-state index in [1.54, 1.807) is 0 Å². The van der Waals surface area contributed by atoms with Gasteiger partial charge in [0, 0.05) is 6.54 Å². The van der Waals surface area contributed by atoms with Gasteiger partial charge in [-0.1, -0.05) is 6.92 Å². The number of aromatic nitrogens is 2. The van der Waals surface area contributed by atoms with Crippen molar-refractivity contribution in [2.45, 2.75) is 38.7 Å². The van der Waals surface area contributed by atoms with Crippen molar-refractivity contribution in [3.8, 4) is 5.88 Å². The monoisotopic (exact) mass is 252 g/mol. The van der Waals surface area contributed by atoms with Gasteiger partial charge in [-0.2, -0.15) is 4.98 Å². The van der Waals surface area contributed by atoms with Gasteiger partial charge in [0.05, 0.1) is 4.92 Å². The molecule has 1 aliphatic carbocycles. The lowest BCUT2D eigenvalue weighted by Crippen LogP contribution is -2.25. The van der Waals surface area contributed by atoms with Crippen molar-refractivity contribution >= 4 is 11.6 Å². The van der Waals surface area contributed by atoms with E-state index in [1.165, 1.54) is 6.20 Å². The molecule has 0 aliphatic heterocycles. The SMILES string of the molecule is CCCNc1ncc([N+](=O)[O-])c(OC2CCC2)n1. The molecule has 1 N–H and O–H groups in total. The van der Waals surface area contributed by atoms with Crippen LogP contribution < -0.4 is 10.1 Å². The Morgan fingerprint density at radius 3 is 2.94 bits per heavy atom. The minimum Gasteiger partial charge on any atom is -0.469 e. The van der Waals surface area contributed by atoms with E-state index in [-0.39, 0.29) is 17.7 Å². The Labute approximate surface area is 105 Å². The summed E-state index contributed by atoms with van der Waals surface area (Å²) in [6.07, 6.45) is 5.14. The molecule has 0 saturated heterocycles. The molecule has 0 spiro atoms. The van der Waals surface area contributed by atoms with Gasteiger partial charge in [-0.3, -0.25) is 10.1 Å². The van der Waals surface area contributed by atoms with Crippen LogP contribution in [0.3, 0.4) is 0 Å². The molecule has 1 fully saturated rings. The summed E-state index contributed by atoms with van der Waals surface area (Å²) in [5.74, 6) is 0.440. The Hall–Kier alpha value is -1.92. The van der Waals surface area contributed by atoms with E-state index in [1.807, 2.05) is 6.92 Å². The van der Waals surface area contributed by atoms with Crippen molar-refractivity contribution in [3.05, 3.63) is 16.3 Å². The molecule has 18 heavy (non-hydrogen) atoms. The Morgan fingerprint density at radius 2 is 2.39 bits per heavy atom. The molecule has 0 unspecified atom stereocenters. The molecule has 1 aliphatic rings. The third-order valence-electron chi connectivity index (χ3n) is 2.80. The van der Waals surface area contributed by atoms with Gasteiger partial charge >= 0.3 is 5.69 Å². The molecule has 7 nitrogen and oxygen atoms in total. The molecule has 98 valence electrons. The Morgan fingerprint density at radius 1 is 1.61 bits per heavy atom. The van der Waals surface area contributed by atoms with Crippen molar-refractivity contribution in [1.82, 2.24) is 9.97 Å². The maximum atomic E-state index is 10.9. The molecule has 7 heteroatoms. The molecule has 1 heterocycles. The fourth-order valence-electron chi connectivity index (χ4n) is 1.54. The smallest absolute Gasteiger partial charge is 0.349 e. The molecule has 1 aromatic rings. The number of anilines is 1. The van der Waals surface area contributed by atoms with E-state index in [0.29, 0.717) is 5.95 Å². The number of ether oxygens (including phenoxy) is 1. The fourth-order valence-corrected chi connectivity index (χ4v) is 1.54. The molecule has 2 rings (SSSR count). The van der Waals surface area contributed by atoms with Gasteiger partial charge in [0.15, 0.2) is 0 Å². The Bertz CT molecular complexity index is 434. The topological polar surface area (TPSA) is 90.2 Å². The standard InChI is InChI=1S/C11H16N4O3/c1-2-6-12-11-13-7-9(15(16)17)10(14-11)18-8-4-3-5-8/h7-8H,2-6H2,1H3,(H,12,13,14). The summed E-state index contributed by atoms with van der Waals surface area (Å²) >= 11 is 0. The fraction of sp³-hybridized carbons (Fsp3) is 0.636. The number of nitrogens with one attached hydrogen (secondary N) is 1. The zero-order valence-corrected chi connectivity index (χ0v) is 10.3. The van der Waals surface area contributed by atoms with Gasteiger partial charge in [0.25, 0.3) is 5.88 Å². The highest BCUT2D eigenvalue weighted by atomic mass is 16.6. The summed E-state index contributed by atoms with van der Waals surface area (Å²) in [6, 6.07) is 0. The number of nitrogens with zero attached hydrogens (tertiary/aromatic N) is 3. The first-order valence-corrected chi connectivity index (χ1v) is 6.12. The molecule has 0 radical (unpaired) electrons. The predicted octanol–water partition coefficient (Wildman–Crippen LogP) is 2.14. The lowest BCUT2D eigenvalue weighted by molar-refractivity contribution is -0.386. The van der Waals surface area contributed by atoms with Crippen LogP contribution >= 0.6 is 0 Å². The highest BCUT2D eigenvalue weighted by Crippen LogP contribution is 2.30. The Balaban J connectivity index is 2.16. The average Bonchev–Trinajstić information content (AvgIpc) is 2.31. The molecule has 0 bridgehead atoms. The zero-order chi connectivity index (χ0) is 13.0. The van der Waals surface area contributed by atoms with E-state index in [0.717, 1.165) is 32.2 Å². The van der Waals surface area contributed by atoms with E-state index in [2.05, 4.69) is 15.3 Å². The van der Waals surface area contributed by atoms with Gasteiger partial charge < -0.3 is 10.1 Å². The van der Waals surface area contributed by atoms with Crippen molar-refractivity contribution in [3.63, 3.8) is 0 Å². The number of hydrogen-bond acceptors (Lipinski definition) is 6. The lowest BCUT2D eigenvalue weighted by atomic mass is 9.96. The number of rotatable bonds is 6. The average molecular weight is 252 g/mol. The summed E-state index contributed by atoms with van der Waals surface area (Å²) in [7, 11) is 0. The first-order valence-electron chi connectivity index (χ1n) is 6.12. The molecular formula is C11H16N4O3. The summed E-state index contributed by atoms with van der Waals surface area (Å²) in [6.45, 7) is 2.74. The van der Waals surface area contributed by atoms with Gasteiger partial charge in [0.1, 0.15) is 12.3 Å². The molecule has 1 aromatic heterocycles. The normalized spacial score (nSPS) is 14.9. The van der Waals surface area contributed by atoms with Crippen molar-refractivity contribution in [2.24, 2.45) is 0 Å². The third kappa shape index (κ3) is 2.85. The largest absolute Gasteiger partial charge is 0.469 e. The van der Waals surface area contributed by atoms with Crippen LogP contribution in [0.5, 0.6) is 5.88 Å². The van der Waals surface area contributed by atoms with Crippen LogP contribution in [0.4, 0.5) is 11.6 Å². The summed E-state index contributed by atoms with van der Waals surface area (Å²) in [4.78, 5) is 18.3. The first kappa shape index (κ1) is 12.5. The number of hydrogen-bond donors (Lipinski definition) is 1. The van der Waals surface area contributed by atoms with Crippen LogP contribution in [-0.2, 0) is 0 Å². The molecule has 0 aromatic carbocycles. The van der Waals surface area contributed by atoms with Crippen molar-refractivity contribution in [1.29, 1.82) is 0 Å². The van der Waals surface area contributed by atoms with Gasteiger partial charge in [-0.15, -0.1) is 0 Å². The second kappa shape index (κ2) is 5.61. The minimum absolute atomic E-state index is 0.0534. The van der Waals surface area contributed by atoms with E-state index < -0.39 is 4.92 Å². The van der Waals surface area contributed by atoms with E-state index >= 15 is 0 Å². The van der Waals surface area contributed by atoms with Crippen LogP contribution in [-0.4, -0.2) is 27.5 Å². The van der Waals surface area contributed by atoms with Crippen molar-refractivity contribution in [2.75, 3.05) is 11.9 Å². The second-order valence-corrected chi connectivity index (χ2v) is 4.24. The van der Waals surface area contributed by atoms with Crippen molar-refractivity contribution < 1.29 is 9.66 Å².